The van der Waals surface area contributed by atoms with Crippen molar-refractivity contribution in [3.05, 3.63) is 23.4 Å². The highest BCUT2D eigenvalue weighted by Gasteiger charge is 2.11. The second-order valence-electron chi connectivity index (χ2n) is 4.03. The molecule has 1 N–H and O–H groups in total. The molecule has 0 amide bonds. The van der Waals surface area contributed by atoms with Gasteiger partial charge in [-0.25, -0.2) is 4.98 Å². The highest BCUT2D eigenvalue weighted by atomic mass is 35.5. The number of nitrogens with zero attached hydrogens (tertiary/aromatic N) is 4. The lowest BCUT2D eigenvalue weighted by atomic mass is 10.5. The van der Waals surface area contributed by atoms with Gasteiger partial charge in [-0.1, -0.05) is 11.6 Å². The molecule has 2 heterocycles. The van der Waals surface area contributed by atoms with Gasteiger partial charge in [0.1, 0.15) is 5.03 Å². The Bertz CT molecular complexity index is 596. The van der Waals surface area contributed by atoms with Crippen LogP contribution in [0.5, 0.6) is 6.01 Å². The first-order valence-corrected chi connectivity index (χ1v) is 7.17. The van der Waals surface area contributed by atoms with Gasteiger partial charge >= 0.3 is 6.01 Å². The van der Waals surface area contributed by atoms with Gasteiger partial charge in [0.15, 0.2) is 0 Å². The number of nitrogens with one attached hydrogen (secondary N) is 1. The molecule has 0 aliphatic heterocycles. The van der Waals surface area contributed by atoms with E-state index < -0.39 is 0 Å². The zero-order valence-corrected chi connectivity index (χ0v) is 12.9. The fourth-order valence-corrected chi connectivity index (χ4v) is 2.24. The fourth-order valence-electron chi connectivity index (χ4n) is 1.29. The minimum Gasteiger partial charge on any atom is -0.461 e. The van der Waals surface area contributed by atoms with Crippen LogP contribution in [-0.2, 0) is 0 Å². The topological polar surface area (TPSA) is 72.8 Å². The SMILES string of the molecule is CNc1nc(OC(C)C)nc(Sc2ncccc2Cl)n1. The van der Waals surface area contributed by atoms with E-state index in [-0.39, 0.29) is 12.1 Å². The van der Waals surface area contributed by atoms with Crippen molar-refractivity contribution in [3.8, 4) is 6.01 Å². The third kappa shape index (κ3) is 3.94. The summed E-state index contributed by atoms with van der Waals surface area (Å²) >= 11 is 7.33. The molecule has 0 radical (unpaired) electrons. The van der Waals surface area contributed by atoms with Crippen molar-refractivity contribution in [1.82, 2.24) is 19.9 Å². The number of hydrogen-bond acceptors (Lipinski definition) is 7. The summed E-state index contributed by atoms with van der Waals surface area (Å²) in [7, 11) is 1.73. The largest absolute Gasteiger partial charge is 0.461 e. The van der Waals surface area contributed by atoms with Gasteiger partial charge in [-0.05, 0) is 37.7 Å². The van der Waals surface area contributed by atoms with Crippen LogP contribution in [0.3, 0.4) is 0 Å². The lowest BCUT2D eigenvalue weighted by Gasteiger charge is -2.10. The van der Waals surface area contributed by atoms with E-state index in [9.17, 15) is 0 Å². The van der Waals surface area contributed by atoms with Gasteiger partial charge in [0.05, 0.1) is 11.1 Å². The molecule has 106 valence electrons. The van der Waals surface area contributed by atoms with E-state index in [0.717, 1.165) is 0 Å². The number of anilines is 1. The summed E-state index contributed by atoms with van der Waals surface area (Å²) in [6.45, 7) is 3.82. The minimum atomic E-state index is -0.0154. The van der Waals surface area contributed by atoms with Crippen LogP contribution < -0.4 is 10.1 Å². The smallest absolute Gasteiger partial charge is 0.322 e. The maximum Gasteiger partial charge on any atom is 0.322 e. The van der Waals surface area contributed by atoms with Gasteiger partial charge in [0.2, 0.25) is 11.1 Å². The summed E-state index contributed by atoms with van der Waals surface area (Å²) in [5.41, 5.74) is 0. The van der Waals surface area contributed by atoms with Crippen LogP contribution in [-0.4, -0.2) is 33.1 Å². The summed E-state index contributed by atoms with van der Waals surface area (Å²) < 4.78 is 5.50. The highest BCUT2D eigenvalue weighted by molar-refractivity contribution is 7.99. The fraction of sp³-hybridized carbons (Fsp3) is 0.333. The number of halogens is 1. The molecular formula is C12H14ClN5OS. The Labute approximate surface area is 126 Å². The third-order valence-electron chi connectivity index (χ3n) is 2.07. The molecule has 8 heteroatoms. The number of rotatable bonds is 5. The lowest BCUT2D eigenvalue weighted by molar-refractivity contribution is 0.219. The first-order valence-electron chi connectivity index (χ1n) is 5.97. The molecule has 0 unspecified atom stereocenters. The molecular weight excluding hydrogens is 298 g/mol. The minimum absolute atomic E-state index is 0.0154. The Kier molecular flexibility index (Phi) is 4.97. The zero-order valence-electron chi connectivity index (χ0n) is 11.3. The van der Waals surface area contributed by atoms with E-state index in [1.54, 1.807) is 25.4 Å². The van der Waals surface area contributed by atoms with Gasteiger partial charge in [0.25, 0.3) is 0 Å². The Morgan fingerprint density at radius 3 is 2.75 bits per heavy atom. The van der Waals surface area contributed by atoms with Crippen LogP contribution in [0.1, 0.15) is 13.8 Å². The van der Waals surface area contributed by atoms with Gasteiger partial charge in [-0.2, -0.15) is 15.0 Å². The molecule has 20 heavy (non-hydrogen) atoms. The Morgan fingerprint density at radius 1 is 1.30 bits per heavy atom. The molecule has 0 aromatic carbocycles. The van der Waals surface area contributed by atoms with Crippen molar-refractivity contribution < 1.29 is 4.74 Å². The van der Waals surface area contributed by atoms with Crippen molar-refractivity contribution >= 4 is 29.3 Å². The summed E-state index contributed by atoms with van der Waals surface area (Å²) in [5.74, 6) is 0.435. The summed E-state index contributed by atoms with van der Waals surface area (Å²) in [5, 5.41) is 4.53. The number of pyridine rings is 1. The van der Waals surface area contributed by atoms with E-state index in [1.807, 2.05) is 13.8 Å². The van der Waals surface area contributed by atoms with Gasteiger partial charge < -0.3 is 10.1 Å². The molecule has 0 fully saturated rings. The second kappa shape index (κ2) is 6.71. The first kappa shape index (κ1) is 14.8. The molecule has 2 aromatic heterocycles. The average Bonchev–Trinajstić information content (AvgIpc) is 2.40. The van der Waals surface area contributed by atoms with E-state index in [1.165, 1.54) is 11.8 Å². The van der Waals surface area contributed by atoms with Gasteiger partial charge in [-0.3, -0.25) is 0 Å². The summed E-state index contributed by atoms with van der Waals surface area (Å²) in [4.78, 5) is 16.8. The summed E-state index contributed by atoms with van der Waals surface area (Å²) in [6, 6.07) is 3.81. The van der Waals surface area contributed by atoms with Gasteiger partial charge in [0, 0.05) is 13.2 Å². The van der Waals surface area contributed by atoms with Crippen LogP contribution in [0.2, 0.25) is 5.02 Å². The van der Waals surface area contributed by atoms with Crippen molar-refractivity contribution in [2.45, 2.75) is 30.1 Å². The maximum atomic E-state index is 6.07. The van der Waals surface area contributed by atoms with Crippen molar-refractivity contribution in [3.63, 3.8) is 0 Å². The monoisotopic (exact) mass is 311 g/mol. The van der Waals surface area contributed by atoms with Crippen LogP contribution in [0.15, 0.2) is 28.5 Å². The van der Waals surface area contributed by atoms with E-state index in [4.69, 9.17) is 16.3 Å². The molecule has 0 saturated heterocycles. The first-order chi connectivity index (χ1) is 9.58. The molecule has 6 nitrogen and oxygen atoms in total. The Hall–Kier alpha value is -1.60. The lowest BCUT2D eigenvalue weighted by Crippen LogP contribution is -2.11. The average molecular weight is 312 g/mol. The van der Waals surface area contributed by atoms with E-state index >= 15 is 0 Å². The zero-order chi connectivity index (χ0) is 14.5. The van der Waals surface area contributed by atoms with Crippen LogP contribution in [0.25, 0.3) is 0 Å². The van der Waals surface area contributed by atoms with Crippen LogP contribution in [0.4, 0.5) is 5.95 Å². The molecule has 2 rings (SSSR count). The van der Waals surface area contributed by atoms with Crippen LogP contribution in [0, 0.1) is 0 Å². The molecule has 0 aliphatic carbocycles. The van der Waals surface area contributed by atoms with Crippen molar-refractivity contribution in [2.24, 2.45) is 0 Å². The number of hydrogen-bond donors (Lipinski definition) is 1. The van der Waals surface area contributed by atoms with Crippen molar-refractivity contribution in [2.75, 3.05) is 12.4 Å². The third-order valence-corrected chi connectivity index (χ3v) is 3.37. The normalized spacial score (nSPS) is 10.7. The Morgan fingerprint density at radius 2 is 2.10 bits per heavy atom. The predicted molar refractivity (Wildman–Crippen MR) is 78.5 cm³/mol. The quantitative estimate of drug-likeness (QED) is 0.910. The maximum absolute atomic E-state index is 6.07. The van der Waals surface area contributed by atoms with E-state index in [0.29, 0.717) is 21.2 Å². The summed E-state index contributed by atoms with van der Waals surface area (Å²) in [6.07, 6.45) is 1.65. The standard InChI is InChI=1S/C12H14ClN5OS/c1-7(2)19-11-16-10(14-3)17-12(18-11)20-9-8(13)5-4-6-15-9/h4-7H,1-3H3,(H,14,16,17,18). The molecule has 0 saturated carbocycles. The molecule has 0 atom stereocenters. The second-order valence-corrected chi connectivity index (χ2v) is 5.40. The molecule has 0 aliphatic rings. The van der Waals surface area contributed by atoms with Gasteiger partial charge in [-0.15, -0.1) is 0 Å². The molecule has 0 bridgehead atoms. The number of aromatic nitrogens is 4. The van der Waals surface area contributed by atoms with Crippen LogP contribution >= 0.6 is 23.4 Å². The highest BCUT2D eigenvalue weighted by Crippen LogP contribution is 2.30. The van der Waals surface area contributed by atoms with Crippen molar-refractivity contribution in [1.29, 1.82) is 0 Å². The van der Waals surface area contributed by atoms with E-state index in [2.05, 4.69) is 25.3 Å². The molecule has 2 aromatic rings. The Balaban J connectivity index is 2.29. The number of ether oxygens (including phenoxy) is 1. The predicted octanol–water partition coefficient (Wildman–Crippen LogP) is 2.90. The molecule has 0 spiro atoms.